The molecule has 1 aromatic carbocycles. The second-order valence-electron chi connectivity index (χ2n) is 6.82. The third kappa shape index (κ3) is 5.06. The third-order valence-electron chi connectivity index (χ3n) is 4.80. The molecular formula is C18H27N3O5S. The van der Waals surface area contributed by atoms with Gasteiger partial charge in [0.15, 0.2) is 0 Å². The lowest BCUT2D eigenvalue weighted by Gasteiger charge is -2.36. The molecule has 0 radical (unpaired) electrons. The first-order valence-corrected chi connectivity index (χ1v) is 10.3. The molecule has 1 heterocycles. The van der Waals surface area contributed by atoms with E-state index >= 15 is 0 Å². The zero-order chi connectivity index (χ0) is 20.2. The van der Waals surface area contributed by atoms with Crippen LogP contribution in [0.3, 0.4) is 0 Å². The minimum atomic E-state index is -3.56. The maximum Gasteiger partial charge on any atom is 0.413 e. The van der Waals surface area contributed by atoms with Gasteiger partial charge in [0, 0.05) is 26.2 Å². The van der Waals surface area contributed by atoms with Crippen LogP contribution in [0.4, 0.5) is 4.79 Å². The Labute approximate surface area is 160 Å². The Morgan fingerprint density at radius 1 is 1.04 bits per heavy atom. The number of hydrogen-bond donors (Lipinski definition) is 1. The van der Waals surface area contributed by atoms with Crippen molar-refractivity contribution < 1.29 is 22.7 Å². The second-order valence-corrected chi connectivity index (χ2v) is 8.76. The fourth-order valence-corrected chi connectivity index (χ4v) is 4.35. The van der Waals surface area contributed by atoms with Crippen LogP contribution in [0.25, 0.3) is 0 Å². The lowest BCUT2D eigenvalue weighted by molar-refractivity contribution is -0.125. The van der Waals surface area contributed by atoms with Crippen LogP contribution >= 0.6 is 0 Å². The number of nitrogens with zero attached hydrogens (tertiary/aromatic N) is 2. The summed E-state index contributed by atoms with van der Waals surface area (Å²) in [4.78, 5) is 25.3. The number of methoxy groups -OCH3 is 1. The van der Waals surface area contributed by atoms with Crippen LogP contribution in [0.5, 0.6) is 0 Å². The van der Waals surface area contributed by atoms with Crippen molar-refractivity contribution in [2.45, 2.75) is 37.6 Å². The molecule has 0 aromatic heterocycles. The van der Waals surface area contributed by atoms with Gasteiger partial charge in [-0.05, 0) is 30.5 Å². The summed E-state index contributed by atoms with van der Waals surface area (Å²) in [7, 11) is -2.38. The lowest BCUT2D eigenvalue weighted by atomic mass is 10.0. The van der Waals surface area contributed by atoms with Crippen LogP contribution in [0.1, 0.15) is 32.3 Å². The van der Waals surface area contributed by atoms with E-state index in [-0.39, 0.29) is 18.0 Å². The molecule has 8 nitrogen and oxygen atoms in total. The standard InChI is InChI=1S/C18H27N3O5S/c1-13(2)15-5-7-16(8-6-15)27(24,25)21-11-9-20(10-12-21)14(3)17(22)19-18(23)26-4/h5-8,13-14H,9-12H2,1-4H3,(H,19,22,23)/t14-/m1/s1. The highest BCUT2D eigenvalue weighted by molar-refractivity contribution is 7.89. The Bertz CT molecular complexity index is 769. The summed E-state index contributed by atoms with van der Waals surface area (Å²) in [6.07, 6.45) is -0.807. The predicted octanol–water partition coefficient (Wildman–Crippen LogP) is 1.39. The minimum absolute atomic E-state index is 0.275. The second kappa shape index (κ2) is 8.81. The van der Waals surface area contributed by atoms with Crippen molar-refractivity contribution in [3.63, 3.8) is 0 Å². The maximum atomic E-state index is 12.8. The van der Waals surface area contributed by atoms with E-state index in [9.17, 15) is 18.0 Å². The van der Waals surface area contributed by atoms with Crippen molar-refractivity contribution in [2.24, 2.45) is 0 Å². The Kier molecular flexibility index (Phi) is 6.96. The van der Waals surface area contributed by atoms with E-state index in [0.717, 1.165) is 5.56 Å². The molecule has 0 spiro atoms. The number of sulfonamides is 1. The Hall–Kier alpha value is -1.97. The number of carbonyl (C=O) groups excluding carboxylic acids is 2. The molecule has 0 bridgehead atoms. The zero-order valence-corrected chi connectivity index (χ0v) is 17.0. The number of benzene rings is 1. The van der Waals surface area contributed by atoms with Gasteiger partial charge in [0.1, 0.15) is 0 Å². The highest BCUT2D eigenvalue weighted by Gasteiger charge is 2.32. The summed E-state index contributed by atoms with van der Waals surface area (Å²) in [5.41, 5.74) is 1.09. The lowest BCUT2D eigenvalue weighted by Crippen LogP contribution is -2.55. The van der Waals surface area contributed by atoms with Gasteiger partial charge in [0.2, 0.25) is 15.9 Å². The van der Waals surface area contributed by atoms with Crippen molar-refractivity contribution in [3.05, 3.63) is 29.8 Å². The van der Waals surface area contributed by atoms with Crippen LogP contribution in [0.2, 0.25) is 0 Å². The summed E-state index contributed by atoms with van der Waals surface area (Å²) in [5.74, 6) is -0.134. The molecule has 1 fully saturated rings. The van der Waals surface area contributed by atoms with E-state index < -0.39 is 28.1 Å². The van der Waals surface area contributed by atoms with E-state index in [1.807, 2.05) is 17.0 Å². The number of nitrogens with one attached hydrogen (secondary N) is 1. The summed E-state index contributed by atoms with van der Waals surface area (Å²) in [6.45, 7) is 7.15. The number of ether oxygens (including phenoxy) is 1. The van der Waals surface area contributed by atoms with Gasteiger partial charge in [-0.15, -0.1) is 0 Å². The summed E-state index contributed by atoms with van der Waals surface area (Å²) >= 11 is 0. The van der Waals surface area contributed by atoms with Gasteiger partial charge < -0.3 is 4.74 Å². The van der Waals surface area contributed by atoms with E-state index in [1.165, 1.54) is 11.4 Å². The maximum absolute atomic E-state index is 12.8. The fraction of sp³-hybridized carbons (Fsp3) is 0.556. The first-order chi connectivity index (χ1) is 12.7. The van der Waals surface area contributed by atoms with Crippen molar-refractivity contribution in [1.82, 2.24) is 14.5 Å². The molecule has 0 aliphatic carbocycles. The topological polar surface area (TPSA) is 96.0 Å². The molecule has 2 rings (SSSR count). The van der Waals surface area contributed by atoms with Crippen LogP contribution in [-0.2, 0) is 19.6 Å². The van der Waals surface area contributed by atoms with E-state index in [0.29, 0.717) is 19.0 Å². The highest BCUT2D eigenvalue weighted by Crippen LogP contribution is 2.21. The number of carbonyl (C=O) groups is 2. The monoisotopic (exact) mass is 397 g/mol. The van der Waals surface area contributed by atoms with Crippen molar-refractivity contribution in [2.75, 3.05) is 33.3 Å². The van der Waals surface area contributed by atoms with Crippen LogP contribution in [0.15, 0.2) is 29.2 Å². The normalized spacial score (nSPS) is 17.5. The average Bonchev–Trinajstić information content (AvgIpc) is 2.67. The van der Waals surface area contributed by atoms with E-state index in [4.69, 9.17) is 0 Å². The van der Waals surface area contributed by atoms with Gasteiger partial charge in [-0.3, -0.25) is 15.0 Å². The molecule has 1 aliphatic heterocycles. The van der Waals surface area contributed by atoms with Gasteiger partial charge in [0.25, 0.3) is 0 Å². The quantitative estimate of drug-likeness (QED) is 0.807. The molecular weight excluding hydrogens is 370 g/mol. The van der Waals surface area contributed by atoms with Gasteiger partial charge in [-0.1, -0.05) is 26.0 Å². The molecule has 150 valence electrons. The number of piperazine rings is 1. The number of amides is 2. The Balaban J connectivity index is 1.99. The Morgan fingerprint density at radius 3 is 2.07 bits per heavy atom. The van der Waals surface area contributed by atoms with Gasteiger partial charge >= 0.3 is 6.09 Å². The smallest absolute Gasteiger partial charge is 0.413 e. The molecule has 1 aliphatic rings. The molecule has 1 N–H and O–H groups in total. The molecule has 0 unspecified atom stereocenters. The summed E-state index contributed by atoms with van der Waals surface area (Å²) in [5, 5.41) is 2.13. The largest absolute Gasteiger partial charge is 0.453 e. The third-order valence-corrected chi connectivity index (χ3v) is 6.71. The first-order valence-electron chi connectivity index (χ1n) is 8.89. The summed E-state index contributed by atoms with van der Waals surface area (Å²) in [6, 6.07) is 6.41. The zero-order valence-electron chi connectivity index (χ0n) is 16.1. The van der Waals surface area contributed by atoms with Crippen LogP contribution in [-0.4, -0.2) is 69.0 Å². The fourth-order valence-electron chi connectivity index (χ4n) is 2.93. The molecule has 2 amide bonds. The van der Waals surface area contributed by atoms with Crippen molar-refractivity contribution in [3.8, 4) is 0 Å². The predicted molar refractivity (Wildman–Crippen MR) is 101 cm³/mol. The van der Waals surface area contributed by atoms with Gasteiger partial charge in [0.05, 0.1) is 18.0 Å². The molecule has 1 saturated heterocycles. The SMILES string of the molecule is COC(=O)NC(=O)[C@@H](C)N1CCN(S(=O)(=O)c2ccc(C(C)C)cc2)CC1. The van der Waals surface area contributed by atoms with Crippen LogP contribution in [0, 0.1) is 0 Å². The number of hydrogen-bond acceptors (Lipinski definition) is 6. The van der Waals surface area contributed by atoms with Crippen molar-refractivity contribution in [1.29, 1.82) is 0 Å². The van der Waals surface area contributed by atoms with Gasteiger partial charge in [-0.2, -0.15) is 4.31 Å². The molecule has 1 atom stereocenters. The number of imide groups is 1. The van der Waals surface area contributed by atoms with Gasteiger partial charge in [-0.25, -0.2) is 13.2 Å². The molecule has 27 heavy (non-hydrogen) atoms. The highest BCUT2D eigenvalue weighted by atomic mass is 32.2. The molecule has 9 heteroatoms. The molecule has 1 aromatic rings. The number of alkyl carbamates (subject to hydrolysis) is 1. The van der Waals surface area contributed by atoms with Crippen molar-refractivity contribution >= 4 is 22.0 Å². The minimum Gasteiger partial charge on any atom is -0.453 e. The van der Waals surface area contributed by atoms with E-state index in [1.54, 1.807) is 19.1 Å². The summed E-state index contributed by atoms with van der Waals surface area (Å²) < 4.78 is 31.5. The number of rotatable bonds is 5. The van der Waals surface area contributed by atoms with Crippen LogP contribution < -0.4 is 5.32 Å². The Morgan fingerprint density at radius 2 is 1.59 bits per heavy atom. The van der Waals surface area contributed by atoms with E-state index in [2.05, 4.69) is 23.9 Å². The average molecular weight is 397 g/mol. The first kappa shape index (κ1) is 21.3. The molecule has 0 saturated carbocycles.